The van der Waals surface area contributed by atoms with Gasteiger partial charge >= 0.3 is 0 Å². The molecule has 0 fully saturated rings. The van der Waals surface area contributed by atoms with Crippen molar-refractivity contribution >= 4 is 11.7 Å². The summed E-state index contributed by atoms with van der Waals surface area (Å²) >= 11 is 0. The van der Waals surface area contributed by atoms with Crippen molar-refractivity contribution in [2.75, 3.05) is 20.6 Å². The van der Waals surface area contributed by atoms with Crippen molar-refractivity contribution in [1.29, 1.82) is 0 Å². The smallest absolute Gasteiger partial charge is 0.238 e. The van der Waals surface area contributed by atoms with Crippen molar-refractivity contribution in [1.82, 2.24) is 10.2 Å². The third-order valence-corrected chi connectivity index (χ3v) is 3.29. The van der Waals surface area contributed by atoms with Gasteiger partial charge in [0, 0.05) is 19.5 Å². The lowest BCUT2D eigenvalue weighted by atomic mass is 9.86. The van der Waals surface area contributed by atoms with Gasteiger partial charge in [-0.2, -0.15) is 0 Å². The highest BCUT2D eigenvalue weighted by Crippen LogP contribution is 2.23. The van der Waals surface area contributed by atoms with Gasteiger partial charge in [-0.1, -0.05) is 25.4 Å². The number of oxime groups is 1. The Morgan fingerprint density at radius 1 is 1.42 bits per heavy atom. The van der Waals surface area contributed by atoms with Gasteiger partial charge in [-0.25, -0.2) is 0 Å². The second-order valence-corrected chi connectivity index (χ2v) is 5.73. The van der Waals surface area contributed by atoms with E-state index in [0.717, 1.165) is 25.8 Å². The number of amides is 1. The lowest BCUT2D eigenvalue weighted by Gasteiger charge is -2.23. The summed E-state index contributed by atoms with van der Waals surface area (Å²) in [7, 11) is 3.50. The standard InChI is InChI=1S/C13H28N4O2/c1-10(11(18)17(4)5)15-9-7-6-8-13(2,3)12(14)16-19/h10,15,19H,6-9H2,1-5H3,(H2,14,16). The fourth-order valence-corrected chi connectivity index (χ4v) is 1.75. The Morgan fingerprint density at radius 2 is 2.00 bits per heavy atom. The van der Waals surface area contributed by atoms with Gasteiger partial charge in [0.05, 0.1) is 6.04 Å². The van der Waals surface area contributed by atoms with E-state index in [-0.39, 0.29) is 23.2 Å². The number of hydrogen-bond donors (Lipinski definition) is 3. The average molecular weight is 272 g/mol. The van der Waals surface area contributed by atoms with Crippen LogP contribution in [0.1, 0.15) is 40.0 Å². The van der Waals surface area contributed by atoms with E-state index in [4.69, 9.17) is 10.9 Å². The van der Waals surface area contributed by atoms with Crippen LogP contribution in [-0.2, 0) is 4.79 Å². The molecule has 0 aliphatic rings. The van der Waals surface area contributed by atoms with E-state index >= 15 is 0 Å². The molecule has 0 aromatic rings. The molecular weight excluding hydrogens is 244 g/mol. The van der Waals surface area contributed by atoms with E-state index < -0.39 is 0 Å². The van der Waals surface area contributed by atoms with Crippen molar-refractivity contribution < 1.29 is 10.0 Å². The summed E-state index contributed by atoms with van der Waals surface area (Å²) in [6.07, 6.45) is 2.76. The molecule has 1 amide bonds. The first-order chi connectivity index (χ1) is 8.72. The van der Waals surface area contributed by atoms with Gasteiger partial charge in [0.15, 0.2) is 0 Å². The van der Waals surface area contributed by atoms with Crippen molar-refractivity contribution in [2.24, 2.45) is 16.3 Å². The average Bonchev–Trinajstić information content (AvgIpc) is 2.35. The normalized spacial score (nSPS) is 14.3. The zero-order chi connectivity index (χ0) is 15.1. The number of nitrogens with two attached hydrogens (primary N) is 1. The van der Waals surface area contributed by atoms with E-state index in [1.165, 1.54) is 0 Å². The van der Waals surface area contributed by atoms with Gasteiger partial charge in [0.2, 0.25) is 5.91 Å². The van der Waals surface area contributed by atoms with Crippen molar-refractivity contribution in [3.05, 3.63) is 0 Å². The van der Waals surface area contributed by atoms with Crippen LogP contribution in [0.3, 0.4) is 0 Å². The molecule has 6 heteroatoms. The van der Waals surface area contributed by atoms with Crippen molar-refractivity contribution in [2.45, 2.75) is 46.1 Å². The molecule has 0 aromatic carbocycles. The van der Waals surface area contributed by atoms with Crippen LogP contribution < -0.4 is 11.1 Å². The largest absolute Gasteiger partial charge is 0.409 e. The van der Waals surface area contributed by atoms with Crippen LogP contribution in [-0.4, -0.2) is 48.5 Å². The minimum Gasteiger partial charge on any atom is -0.409 e. The van der Waals surface area contributed by atoms with Crippen molar-refractivity contribution in [3.63, 3.8) is 0 Å². The number of amidine groups is 1. The van der Waals surface area contributed by atoms with Crippen LogP contribution in [0.2, 0.25) is 0 Å². The number of likely N-dealkylation sites (N-methyl/N-ethyl adjacent to an activating group) is 1. The van der Waals surface area contributed by atoms with Crippen LogP contribution in [0.4, 0.5) is 0 Å². The Hall–Kier alpha value is -1.30. The Morgan fingerprint density at radius 3 is 2.47 bits per heavy atom. The lowest BCUT2D eigenvalue weighted by Crippen LogP contribution is -2.41. The number of rotatable bonds is 8. The lowest BCUT2D eigenvalue weighted by molar-refractivity contribution is -0.130. The van der Waals surface area contributed by atoms with Crippen LogP contribution >= 0.6 is 0 Å². The van der Waals surface area contributed by atoms with Crippen LogP contribution in [0.25, 0.3) is 0 Å². The number of carbonyl (C=O) groups excluding carboxylic acids is 1. The van der Waals surface area contributed by atoms with E-state index in [1.807, 2.05) is 20.8 Å². The first-order valence-electron chi connectivity index (χ1n) is 6.65. The van der Waals surface area contributed by atoms with Crippen LogP contribution in [0.5, 0.6) is 0 Å². The Bertz CT molecular complexity index is 314. The van der Waals surface area contributed by atoms with E-state index in [1.54, 1.807) is 19.0 Å². The number of unbranched alkanes of at least 4 members (excludes halogenated alkanes) is 1. The number of nitrogens with one attached hydrogen (secondary N) is 1. The number of carbonyl (C=O) groups is 1. The second kappa shape index (κ2) is 7.99. The predicted molar refractivity (Wildman–Crippen MR) is 77.2 cm³/mol. The summed E-state index contributed by atoms with van der Waals surface area (Å²) in [5.74, 6) is 0.341. The molecule has 0 heterocycles. The molecule has 0 aliphatic carbocycles. The molecule has 1 atom stereocenters. The highest BCUT2D eigenvalue weighted by atomic mass is 16.4. The third-order valence-electron chi connectivity index (χ3n) is 3.29. The molecule has 0 rings (SSSR count). The fraction of sp³-hybridized carbons (Fsp3) is 0.846. The monoisotopic (exact) mass is 272 g/mol. The topological polar surface area (TPSA) is 91.0 Å². The molecule has 0 bridgehead atoms. The first-order valence-corrected chi connectivity index (χ1v) is 6.65. The molecule has 0 aromatic heterocycles. The maximum absolute atomic E-state index is 11.6. The predicted octanol–water partition coefficient (Wildman–Crippen LogP) is 0.996. The van der Waals surface area contributed by atoms with E-state index in [9.17, 15) is 4.79 Å². The summed E-state index contributed by atoms with van der Waals surface area (Å²) in [5.41, 5.74) is 5.33. The van der Waals surface area contributed by atoms with Crippen LogP contribution in [0.15, 0.2) is 5.16 Å². The molecule has 6 nitrogen and oxygen atoms in total. The Balaban J connectivity index is 3.86. The van der Waals surface area contributed by atoms with Gasteiger partial charge in [-0.3, -0.25) is 4.79 Å². The summed E-state index contributed by atoms with van der Waals surface area (Å²) in [6, 6.07) is -0.160. The van der Waals surface area contributed by atoms with Gasteiger partial charge < -0.3 is 21.2 Å². The fourth-order valence-electron chi connectivity index (χ4n) is 1.75. The summed E-state index contributed by atoms with van der Waals surface area (Å²) in [6.45, 7) is 6.55. The molecule has 0 saturated heterocycles. The quantitative estimate of drug-likeness (QED) is 0.202. The SMILES string of the molecule is CC(NCCCCC(C)(C)C(N)=NO)C(=O)N(C)C. The van der Waals surface area contributed by atoms with Gasteiger partial charge in [0.25, 0.3) is 0 Å². The maximum atomic E-state index is 11.6. The van der Waals surface area contributed by atoms with Gasteiger partial charge in [-0.15, -0.1) is 0 Å². The molecule has 19 heavy (non-hydrogen) atoms. The van der Waals surface area contributed by atoms with E-state index in [0.29, 0.717) is 0 Å². The molecular formula is C13H28N4O2. The highest BCUT2D eigenvalue weighted by Gasteiger charge is 2.22. The molecule has 1 unspecified atom stereocenters. The van der Waals surface area contributed by atoms with Crippen molar-refractivity contribution in [3.8, 4) is 0 Å². The maximum Gasteiger partial charge on any atom is 0.238 e. The molecule has 0 aliphatic heterocycles. The number of hydrogen-bond acceptors (Lipinski definition) is 4. The minimum atomic E-state index is -0.292. The van der Waals surface area contributed by atoms with Gasteiger partial charge in [0.1, 0.15) is 5.84 Å². The molecule has 0 radical (unpaired) electrons. The molecule has 4 N–H and O–H groups in total. The Kier molecular flexibility index (Phi) is 7.44. The minimum absolute atomic E-state index is 0.0805. The molecule has 0 saturated carbocycles. The van der Waals surface area contributed by atoms with Crippen LogP contribution in [0, 0.1) is 5.41 Å². The zero-order valence-electron chi connectivity index (χ0n) is 12.7. The van der Waals surface area contributed by atoms with E-state index in [2.05, 4.69) is 10.5 Å². The first kappa shape index (κ1) is 17.7. The molecule has 112 valence electrons. The molecule has 0 spiro atoms. The summed E-state index contributed by atoms with van der Waals surface area (Å²) in [5, 5.41) is 14.9. The summed E-state index contributed by atoms with van der Waals surface area (Å²) < 4.78 is 0. The second-order valence-electron chi connectivity index (χ2n) is 5.73. The Labute approximate surface area is 116 Å². The zero-order valence-corrected chi connectivity index (χ0v) is 12.7. The number of nitrogens with zero attached hydrogens (tertiary/aromatic N) is 2. The third kappa shape index (κ3) is 6.42. The van der Waals surface area contributed by atoms with Gasteiger partial charge in [-0.05, 0) is 26.3 Å². The highest BCUT2D eigenvalue weighted by molar-refractivity contribution is 5.85. The summed E-state index contributed by atoms with van der Waals surface area (Å²) in [4.78, 5) is 13.2.